The van der Waals surface area contributed by atoms with Gasteiger partial charge in [0, 0.05) is 23.2 Å². The summed E-state index contributed by atoms with van der Waals surface area (Å²) in [7, 11) is 1.61. The van der Waals surface area contributed by atoms with Gasteiger partial charge in [0.25, 0.3) is 0 Å². The maximum atomic E-state index is 12.4. The minimum Gasteiger partial charge on any atom is -0.496 e. The molecule has 6 heteroatoms. The number of carbonyl (C=O) groups excluding carboxylic acids is 1. The number of amides is 1. The van der Waals surface area contributed by atoms with E-state index in [1.807, 2.05) is 18.2 Å². The molecule has 0 bridgehead atoms. The number of fused-ring (bicyclic) bond motifs is 1. The van der Waals surface area contributed by atoms with E-state index in [1.165, 1.54) is 25.7 Å². The van der Waals surface area contributed by atoms with Crippen LogP contribution in [0.2, 0.25) is 5.02 Å². The zero-order chi connectivity index (χ0) is 15.5. The number of methoxy groups -OCH3 is 1. The van der Waals surface area contributed by atoms with Gasteiger partial charge in [0.2, 0.25) is 5.91 Å². The number of nitrogens with one attached hydrogen (secondary N) is 2. The van der Waals surface area contributed by atoms with E-state index in [1.54, 1.807) is 7.11 Å². The van der Waals surface area contributed by atoms with Gasteiger partial charge in [0.15, 0.2) is 0 Å². The summed E-state index contributed by atoms with van der Waals surface area (Å²) in [4.78, 5) is 12.4. The standard InChI is InChI=1S/C17H23ClN2O2.ClH/c1-22-16-8-4-6-13(18)12(16)10-19-17(21)15-9-11-5-2-3-7-14(11)20-15;/h4,6,8,11,14-15,20H,2-3,5,7,9-10H2,1H3,(H,19,21);1H. The Bertz CT molecular complexity index is 539. The van der Waals surface area contributed by atoms with E-state index in [0.29, 0.717) is 29.3 Å². The fraction of sp³-hybridized carbons (Fsp3) is 0.588. The van der Waals surface area contributed by atoms with Gasteiger partial charge in [0.1, 0.15) is 5.75 Å². The molecule has 1 aliphatic carbocycles. The van der Waals surface area contributed by atoms with Crippen LogP contribution in [0.4, 0.5) is 0 Å². The molecule has 1 aromatic carbocycles. The van der Waals surface area contributed by atoms with Crippen molar-refractivity contribution in [1.82, 2.24) is 10.6 Å². The lowest BCUT2D eigenvalue weighted by atomic mass is 9.85. The van der Waals surface area contributed by atoms with E-state index < -0.39 is 0 Å². The first-order valence-electron chi connectivity index (χ1n) is 8.04. The third kappa shape index (κ3) is 4.11. The van der Waals surface area contributed by atoms with Gasteiger partial charge in [-0.25, -0.2) is 0 Å². The first-order valence-corrected chi connectivity index (χ1v) is 8.42. The third-order valence-corrected chi connectivity index (χ3v) is 5.27. The third-order valence-electron chi connectivity index (χ3n) is 4.91. The summed E-state index contributed by atoms with van der Waals surface area (Å²) in [6.07, 6.45) is 5.98. The Kier molecular flexibility index (Phi) is 6.57. The Morgan fingerprint density at radius 2 is 2.17 bits per heavy atom. The van der Waals surface area contributed by atoms with E-state index in [-0.39, 0.29) is 24.4 Å². The van der Waals surface area contributed by atoms with Crippen LogP contribution in [-0.4, -0.2) is 25.1 Å². The van der Waals surface area contributed by atoms with Crippen molar-refractivity contribution in [3.63, 3.8) is 0 Å². The van der Waals surface area contributed by atoms with Gasteiger partial charge in [0.05, 0.1) is 13.2 Å². The highest BCUT2D eigenvalue weighted by Crippen LogP contribution is 2.33. The van der Waals surface area contributed by atoms with Gasteiger partial charge >= 0.3 is 0 Å². The van der Waals surface area contributed by atoms with Crippen LogP contribution in [0.1, 0.15) is 37.7 Å². The Balaban J connectivity index is 0.00000192. The zero-order valence-corrected chi connectivity index (χ0v) is 14.9. The number of hydrogen-bond acceptors (Lipinski definition) is 3. The van der Waals surface area contributed by atoms with E-state index in [9.17, 15) is 4.79 Å². The predicted octanol–water partition coefficient (Wildman–Crippen LogP) is 3.31. The molecule has 3 atom stereocenters. The summed E-state index contributed by atoms with van der Waals surface area (Å²) < 4.78 is 5.31. The smallest absolute Gasteiger partial charge is 0.237 e. The Morgan fingerprint density at radius 1 is 1.39 bits per heavy atom. The summed E-state index contributed by atoms with van der Waals surface area (Å²) >= 11 is 6.20. The topological polar surface area (TPSA) is 50.4 Å². The molecule has 2 aliphatic rings. The minimum atomic E-state index is -0.0680. The van der Waals surface area contributed by atoms with Crippen molar-refractivity contribution in [2.45, 2.75) is 50.7 Å². The summed E-state index contributed by atoms with van der Waals surface area (Å²) in [5.41, 5.74) is 0.829. The second-order valence-electron chi connectivity index (χ2n) is 6.24. The van der Waals surface area contributed by atoms with E-state index in [2.05, 4.69) is 10.6 Å². The number of benzene rings is 1. The summed E-state index contributed by atoms with van der Waals surface area (Å²) in [5.74, 6) is 1.44. The molecule has 1 amide bonds. The summed E-state index contributed by atoms with van der Waals surface area (Å²) in [6, 6.07) is 5.97. The first kappa shape index (κ1) is 18.4. The van der Waals surface area contributed by atoms with Gasteiger partial charge in [-0.05, 0) is 37.3 Å². The zero-order valence-electron chi connectivity index (χ0n) is 13.3. The van der Waals surface area contributed by atoms with Crippen molar-refractivity contribution < 1.29 is 9.53 Å². The number of ether oxygens (including phenoxy) is 1. The van der Waals surface area contributed by atoms with Crippen LogP contribution in [0.25, 0.3) is 0 Å². The Hall–Kier alpha value is -0.970. The van der Waals surface area contributed by atoms with Gasteiger partial charge in [-0.15, -0.1) is 12.4 Å². The quantitative estimate of drug-likeness (QED) is 0.867. The molecule has 1 saturated carbocycles. The average Bonchev–Trinajstić information content (AvgIpc) is 2.97. The molecule has 1 heterocycles. The molecule has 128 valence electrons. The van der Waals surface area contributed by atoms with Crippen LogP contribution >= 0.6 is 24.0 Å². The van der Waals surface area contributed by atoms with Crippen molar-refractivity contribution in [2.24, 2.45) is 5.92 Å². The second-order valence-corrected chi connectivity index (χ2v) is 6.65. The van der Waals surface area contributed by atoms with E-state index in [4.69, 9.17) is 16.3 Å². The van der Waals surface area contributed by atoms with Crippen molar-refractivity contribution >= 4 is 29.9 Å². The molecule has 23 heavy (non-hydrogen) atoms. The van der Waals surface area contributed by atoms with Crippen LogP contribution in [0, 0.1) is 5.92 Å². The van der Waals surface area contributed by atoms with Crippen molar-refractivity contribution in [2.75, 3.05) is 7.11 Å². The summed E-state index contributed by atoms with van der Waals surface area (Å²) in [5, 5.41) is 7.11. The Labute approximate surface area is 148 Å². The average molecular weight is 359 g/mol. The van der Waals surface area contributed by atoms with E-state index in [0.717, 1.165) is 12.0 Å². The molecule has 4 nitrogen and oxygen atoms in total. The second kappa shape index (κ2) is 8.22. The predicted molar refractivity (Wildman–Crippen MR) is 94.4 cm³/mol. The van der Waals surface area contributed by atoms with Crippen LogP contribution in [0.3, 0.4) is 0 Å². The molecular formula is C17H24Cl2N2O2. The highest BCUT2D eigenvalue weighted by atomic mass is 35.5. The highest BCUT2D eigenvalue weighted by Gasteiger charge is 2.38. The fourth-order valence-electron chi connectivity index (χ4n) is 3.72. The van der Waals surface area contributed by atoms with Crippen LogP contribution < -0.4 is 15.4 Å². The maximum absolute atomic E-state index is 12.4. The van der Waals surface area contributed by atoms with Crippen molar-refractivity contribution in [3.8, 4) is 5.75 Å². The SMILES string of the molecule is COc1cccc(Cl)c1CNC(=O)C1CC2CCCCC2N1.Cl. The molecule has 1 saturated heterocycles. The van der Waals surface area contributed by atoms with Crippen LogP contribution in [0.5, 0.6) is 5.75 Å². The summed E-state index contributed by atoms with van der Waals surface area (Å²) in [6.45, 7) is 0.398. The molecule has 0 spiro atoms. The lowest BCUT2D eigenvalue weighted by molar-refractivity contribution is -0.123. The number of rotatable bonds is 4. The first-order chi connectivity index (χ1) is 10.7. The fourth-order valence-corrected chi connectivity index (χ4v) is 3.95. The minimum absolute atomic E-state index is 0. The molecule has 2 fully saturated rings. The number of carbonyl (C=O) groups is 1. The molecule has 1 aromatic rings. The molecule has 2 N–H and O–H groups in total. The normalized spacial score (nSPS) is 26.1. The number of halogens is 2. The lowest BCUT2D eigenvalue weighted by Gasteiger charge is -2.24. The molecule has 3 unspecified atom stereocenters. The Morgan fingerprint density at radius 3 is 2.91 bits per heavy atom. The van der Waals surface area contributed by atoms with Gasteiger partial charge < -0.3 is 15.4 Å². The van der Waals surface area contributed by atoms with Gasteiger partial charge in [-0.1, -0.05) is 30.5 Å². The monoisotopic (exact) mass is 358 g/mol. The van der Waals surface area contributed by atoms with Gasteiger partial charge in [-0.3, -0.25) is 4.79 Å². The molecule has 3 rings (SSSR count). The van der Waals surface area contributed by atoms with Crippen molar-refractivity contribution in [1.29, 1.82) is 0 Å². The van der Waals surface area contributed by atoms with Gasteiger partial charge in [-0.2, -0.15) is 0 Å². The molecule has 0 aromatic heterocycles. The maximum Gasteiger partial charge on any atom is 0.237 e. The van der Waals surface area contributed by atoms with Crippen LogP contribution in [-0.2, 0) is 11.3 Å². The molecule has 1 aliphatic heterocycles. The van der Waals surface area contributed by atoms with E-state index >= 15 is 0 Å². The lowest BCUT2D eigenvalue weighted by Crippen LogP contribution is -2.42. The molecular weight excluding hydrogens is 335 g/mol. The largest absolute Gasteiger partial charge is 0.496 e. The molecule has 0 radical (unpaired) electrons. The van der Waals surface area contributed by atoms with Crippen molar-refractivity contribution in [3.05, 3.63) is 28.8 Å². The highest BCUT2D eigenvalue weighted by molar-refractivity contribution is 6.31. The van der Waals surface area contributed by atoms with Crippen LogP contribution in [0.15, 0.2) is 18.2 Å². The number of hydrogen-bond donors (Lipinski definition) is 2.